The van der Waals surface area contributed by atoms with Crippen LogP contribution in [0.4, 0.5) is 0 Å². The van der Waals surface area contributed by atoms with E-state index in [0.29, 0.717) is 6.42 Å². The van der Waals surface area contributed by atoms with E-state index in [1.54, 1.807) is 0 Å². The zero-order valence-corrected chi connectivity index (χ0v) is 13.4. The summed E-state index contributed by atoms with van der Waals surface area (Å²) in [5.74, 6) is -0.292. The summed E-state index contributed by atoms with van der Waals surface area (Å²) in [7, 11) is 0. The van der Waals surface area contributed by atoms with Crippen LogP contribution in [-0.4, -0.2) is 34.5 Å². The van der Waals surface area contributed by atoms with Crippen molar-refractivity contribution in [1.82, 2.24) is 0 Å². The molecule has 1 unspecified atom stereocenters. The average molecular weight is 288 g/mol. The molecule has 0 aromatic rings. The Hall–Kier alpha value is -0.610. The Morgan fingerprint density at radius 1 is 1.05 bits per heavy atom. The van der Waals surface area contributed by atoms with Gasteiger partial charge in [-0.25, -0.2) is 0 Å². The van der Waals surface area contributed by atoms with Gasteiger partial charge in [-0.1, -0.05) is 51.9 Å². The summed E-state index contributed by atoms with van der Waals surface area (Å²) in [6.45, 7) is 5.05. The van der Waals surface area contributed by atoms with E-state index in [-0.39, 0.29) is 12.6 Å². The molecule has 0 bridgehead atoms. The van der Waals surface area contributed by atoms with E-state index in [4.69, 9.17) is 4.74 Å². The van der Waals surface area contributed by atoms with Crippen LogP contribution in [0.3, 0.4) is 0 Å². The van der Waals surface area contributed by atoms with E-state index in [1.165, 1.54) is 52.4 Å². The molecule has 0 saturated heterocycles. The highest BCUT2D eigenvalue weighted by Crippen LogP contribution is 2.11. The fourth-order valence-corrected chi connectivity index (χ4v) is 1.85. The lowest BCUT2D eigenvalue weighted by molar-refractivity contribution is -0.152. The third kappa shape index (κ3) is 11.2. The molecule has 0 aliphatic heterocycles. The van der Waals surface area contributed by atoms with Gasteiger partial charge in [-0.3, -0.25) is 4.79 Å². The number of carbonyl (C=O) groups is 1. The molecule has 4 heteroatoms. The van der Waals surface area contributed by atoms with Crippen molar-refractivity contribution in [3.8, 4) is 0 Å². The maximum absolute atomic E-state index is 11.4. The summed E-state index contributed by atoms with van der Waals surface area (Å²) in [6.07, 6.45) is 8.84. The zero-order chi connectivity index (χ0) is 15.4. The maximum Gasteiger partial charge on any atom is 0.305 e. The number of unbranched alkanes of at least 4 members (excludes halogenated alkanes) is 7. The van der Waals surface area contributed by atoms with Gasteiger partial charge in [0.15, 0.2) is 0 Å². The summed E-state index contributed by atoms with van der Waals surface area (Å²) in [5.41, 5.74) is -1.24. The largest absolute Gasteiger partial charge is 0.463 e. The standard InChI is InChI=1S/C16H32O4/c1-4-5-6-7-8-9-10-11-12-15(18)20-13-14(17)16(2,3)19/h14,17,19H,4-13H2,1-3H3. The van der Waals surface area contributed by atoms with Crippen LogP contribution in [0.25, 0.3) is 0 Å². The lowest BCUT2D eigenvalue weighted by Crippen LogP contribution is -2.39. The number of esters is 1. The van der Waals surface area contributed by atoms with Crippen LogP contribution >= 0.6 is 0 Å². The monoisotopic (exact) mass is 288 g/mol. The Morgan fingerprint density at radius 3 is 2.05 bits per heavy atom. The van der Waals surface area contributed by atoms with Gasteiger partial charge in [0, 0.05) is 6.42 Å². The third-order valence-corrected chi connectivity index (χ3v) is 3.45. The van der Waals surface area contributed by atoms with Crippen LogP contribution in [0, 0.1) is 0 Å². The molecule has 4 nitrogen and oxygen atoms in total. The van der Waals surface area contributed by atoms with E-state index in [2.05, 4.69) is 6.92 Å². The average Bonchev–Trinajstić information content (AvgIpc) is 2.37. The van der Waals surface area contributed by atoms with Crippen molar-refractivity contribution in [3.05, 3.63) is 0 Å². The second-order valence-corrected chi connectivity index (χ2v) is 6.08. The minimum atomic E-state index is -1.24. The number of hydrogen-bond donors (Lipinski definition) is 2. The predicted octanol–water partition coefficient (Wildman–Crippen LogP) is 3.19. The van der Waals surface area contributed by atoms with Gasteiger partial charge in [-0.15, -0.1) is 0 Å². The first kappa shape index (κ1) is 19.4. The normalized spacial score (nSPS) is 13.2. The molecule has 20 heavy (non-hydrogen) atoms. The van der Waals surface area contributed by atoms with Gasteiger partial charge in [-0.2, -0.15) is 0 Å². The summed E-state index contributed by atoms with van der Waals surface area (Å²) in [4.78, 5) is 11.4. The number of carbonyl (C=O) groups excluding carboxylic acids is 1. The van der Waals surface area contributed by atoms with Gasteiger partial charge in [-0.05, 0) is 20.3 Å². The fraction of sp³-hybridized carbons (Fsp3) is 0.938. The Labute approximate surface area is 123 Å². The molecule has 0 amide bonds. The second-order valence-electron chi connectivity index (χ2n) is 6.08. The topological polar surface area (TPSA) is 66.8 Å². The molecule has 120 valence electrons. The summed E-state index contributed by atoms with van der Waals surface area (Å²) in [6, 6.07) is 0. The van der Waals surface area contributed by atoms with Crippen LogP contribution in [0.1, 0.15) is 78.6 Å². The number of ether oxygens (including phenoxy) is 1. The molecule has 0 heterocycles. The molecule has 2 N–H and O–H groups in total. The fourth-order valence-electron chi connectivity index (χ4n) is 1.85. The first-order valence-electron chi connectivity index (χ1n) is 7.94. The SMILES string of the molecule is CCCCCCCCCCC(=O)OCC(O)C(C)(C)O. The minimum absolute atomic E-state index is 0.140. The molecule has 0 aliphatic carbocycles. The summed E-state index contributed by atoms with van der Waals surface area (Å²) >= 11 is 0. The number of hydrogen-bond acceptors (Lipinski definition) is 4. The van der Waals surface area contributed by atoms with Crippen LogP contribution in [0.15, 0.2) is 0 Å². The van der Waals surface area contributed by atoms with Gasteiger partial charge in [0.2, 0.25) is 0 Å². The molecule has 0 aromatic carbocycles. The van der Waals surface area contributed by atoms with Crippen molar-refractivity contribution in [3.63, 3.8) is 0 Å². The summed E-state index contributed by atoms with van der Waals surface area (Å²) in [5, 5.41) is 19.0. The molecule has 0 aliphatic rings. The molecular formula is C16H32O4. The lowest BCUT2D eigenvalue weighted by atomic mass is 10.0. The Morgan fingerprint density at radius 2 is 1.55 bits per heavy atom. The minimum Gasteiger partial charge on any atom is -0.463 e. The molecule has 0 saturated carbocycles. The zero-order valence-electron chi connectivity index (χ0n) is 13.4. The third-order valence-electron chi connectivity index (χ3n) is 3.45. The van der Waals surface area contributed by atoms with Crippen molar-refractivity contribution in [2.45, 2.75) is 90.3 Å². The van der Waals surface area contributed by atoms with Crippen LogP contribution in [0.5, 0.6) is 0 Å². The number of aliphatic hydroxyl groups excluding tert-OH is 1. The molecule has 1 atom stereocenters. The van der Waals surface area contributed by atoms with Crippen molar-refractivity contribution >= 4 is 5.97 Å². The molecule has 0 fully saturated rings. The lowest BCUT2D eigenvalue weighted by Gasteiger charge is -2.23. The van der Waals surface area contributed by atoms with E-state index in [1.807, 2.05) is 0 Å². The highest BCUT2D eigenvalue weighted by Gasteiger charge is 2.25. The Bertz CT molecular complexity index is 245. The maximum atomic E-state index is 11.4. The molecule has 0 rings (SSSR count). The predicted molar refractivity (Wildman–Crippen MR) is 80.5 cm³/mol. The van der Waals surface area contributed by atoms with Crippen molar-refractivity contribution in [1.29, 1.82) is 0 Å². The highest BCUT2D eigenvalue weighted by atomic mass is 16.5. The second kappa shape index (κ2) is 11.1. The quantitative estimate of drug-likeness (QED) is 0.427. The molecule has 0 spiro atoms. The molecular weight excluding hydrogens is 256 g/mol. The Kier molecular flexibility index (Phi) is 10.8. The van der Waals surface area contributed by atoms with E-state index in [0.717, 1.165) is 12.8 Å². The molecule has 0 radical (unpaired) electrons. The van der Waals surface area contributed by atoms with Crippen molar-refractivity contribution in [2.75, 3.05) is 6.61 Å². The van der Waals surface area contributed by atoms with E-state index >= 15 is 0 Å². The van der Waals surface area contributed by atoms with E-state index in [9.17, 15) is 15.0 Å². The van der Waals surface area contributed by atoms with Crippen molar-refractivity contribution < 1.29 is 19.7 Å². The van der Waals surface area contributed by atoms with Gasteiger partial charge >= 0.3 is 5.97 Å². The van der Waals surface area contributed by atoms with Crippen LogP contribution in [-0.2, 0) is 9.53 Å². The van der Waals surface area contributed by atoms with Gasteiger partial charge in [0.05, 0.1) is 5.60 Å². The van der Waals surface area contributed by atoms with Gasteiger partial charge in [0.1, 0.15) is 12.7 Å². The smallest absolute Gasteiger partial charge is 0.305 e. The number of rotatable bonds is 12. The Balaban J connectivity index is 3.41. The molecule has 0 aromatic heterocycles. The number of aliphatic hydroxyl groups is 2. The first-order chi connectivity index (χ1) is 9.38. The van der Waals surface area contributed by atoms with Gasteiger partial charge in [0.25, 0.3) is 0 Å². The van der Waals surface area contributed by atoms with E-state index < -0.39 is 11.7 Å². The first-order valence-corrected chi connectivity index (χ1v) is 7.94. The van der Waals surface area contributed by atoms with Gasteiger partial charge < -0.3 is 14.9 Å². The highest BCUT2D eigenvalue weighted by molar-refractivity contribution is 5.69. The summed E-state index contributed by atoms with van der Waals surface area (Å²) < 4.78 is 4.94. The van der Waals surface area contributed by atoms with Crippen LogP contribution < -0.4 is 0 Å². The van der Waals surface area contributed by atoms with Crippen LogP contribution in [0.2, 0.25) is 0 Å². The van der Waals surface area contributed by atoms with Crippen molar-refractivity contribution in [2.24, 2.45) is 0 Å².